The van der Waals surface area contributed by atoms with Gasteiger partial charge < -0.3 is 10.6 Å². The molecule has 1 aliphatic carbocycles. The highest BCUT2D eigenvalue weighted by atomic mass is 35.5. The van der Waals surface area contributed by atoms with E-state index >= 15 is 0 Å². The molecule has 2 N–H and O–H groups in total. The first-order valence-corrected chi connectivity index (χ1v) is 10.4. The van der Waals surface area contributed by atoms with Gasteiger partial charge in [0, 0.05) is 30.4 Å². The highest BCUT2D eigenvalue weighted by molar-refractivity contribution is 6.30. The van der Waals surface area contributed by atoms with Gasteiger partial charge in [-0.15, -0.1) is 5.10 Å². The Bertz CT molecular complexity index is 1080. The Kier molecular flexibility index (Phi) is 6.27. The van der Waals surface area contributed by atoms with Crippen molar-refractivity contribution in [2.75, 3.05) is 5.32 Å². The largest absolute Gasteiger partial charge is 0.348 e. The first-order valence-electron chi connectivity index (χ1n) is 10.0. The Morgan fingerprint density at radius 2 is 1.84 bits per heavy atom. The fourth-order valence-electron chi connectivity index (χ4n) is 3.66. The topological polar surface area (TPSA) is 88.9 Å². The molecule has 0 bridgehead atoms. The van der Waals surface area contributed by atoms with Crippen molar-refractivity contribution in [3.63, 3.8) is 0 Å². The van der Waals surface area contributed by atoms with Gasteiger partial charge in [0.1, 0.15) is 17.2 Å². The van der Waals surface area contributed by atoms with Crippen LogP contribution in [0.25, 0.3) is 5.69 Å². The predicted molar refractivity (Wildman–Crippen MR) is 115 cm³/mol. The lowest BCUT2D eigenvalue weighted by Gasteiger charge is -2.28. The van der Waals surface area contributed by atoms with Crippen LogP contribution in [-0.2, 0) is 4.79 Å². The standard InChI is InChI=1S/C22H21ClFN5O2/c23-15-7-10-18(25-13-15)22(31)26-16-8-5-14(6-9-16)21(30)27-20-11-12-29(28-20)19-4-2-1-3-17(19)24/h1-4,7,10-14,16H,5-6,8-9H2,(H,26,31)(H,27,28,30). The number of rotatable bonds is 5. The summed E-state index contributed by atoms with van der Waals surface area (Å²) in [6, 6.07) is 11.1. The van der Waals surface area contributed by atoms with Crippen molar-refractivity contribution in [2.45, 2.75) is 31.7 Å². The second-order valence-electron chi connectivity index (χ2n) is 7.47. The predicted octanol–water partition coefficient (Wildman–Crippen LogP) is 3.99. The molecule has 1 fully saturated rings. The lowest BCUT2D eigenvalue weighted by molar-refractivity contribution is -0.120. The summed E-state index contributed by atoms with van der Waals surface area (Å²) in [5.41, 5.74) is 0.629. The normalized spacial score (nSPS) is 18.4. The third-order valence-corrected chi connectivity index (χ3v) is 5.56. The van der Waals surface area contributed by atoms with E-state index in [2.05, 4.69) is 20.7 Å². The summed E-state index contributed by atoms with van der Waals surface area (Å²) in [7, 11) is 0. The molecule has 1 saturated carbocycles. The van der Waals surface area contributed by atoms with Crippen LogP contribution in [0.4, 0.5) is 10.2 Å². The molecule has 2 amide bonds. The van der Waals surface area contributed by atoms with Gasteiger partial charge in [0.25, 0.3) is 5.91 Å². The van der Waals surface area contributed by atoms with Crippen LogP contribution in [0.1, 0.15) is 36.2 Å². The van der Waals surface area contributed by atoms with Crippen molar-refractivity contribution in [1.29, 1.82) is 0 Å². The third-order valence-electron chi connectivity index (χ3n) is 5.33. The monoisotopic (exact) mass is 441 g/mol. The van der Waals surface area contributed by atoms with Crippen LogP contribution in [0.3, 0.4) is 0 Å². The third kappa shape index (κ3) is 5.08. The Hall–Kier alpha value is -3.26. The summed E-state index contributed by atoms with van der Waals surface area (Å²) < 4.78 is 15.3. The van der Waals surface area contributed by atoms with Gasteiger partial charge in [0.15, 0.2) is 5.82 Å². The van der Waals surface area contributed by atoms with Gasteiger partial charge in [-0.2, -0.15) is 0 Å². The van der Waals surface area contributed by atoms with Crippen molar-refractivity contribution < 1.29 is 14.0 Å². The Balaban J connectivity index is 1.28. The van der Waals surface area contributed by atoms with Crippen LogP contribution in [0.5, 0.6) is 0 Å². The van der Waals surface area contributed by atoms with E-state index in [0.29, 0.717) is 47.9 Å². The summed E-state index contributed by atoms with van der Waals surface area (Å²) in [6.45, 7) is 0. The molecule has 31 heavy (non-hydrogen) atoms. The van der Waals surface area contributed by atoms with Gasteiger partial charge in [-0.05, 0) is 49.9 Å². The van der Waals surface area contributed by atoms with Crippen LogP contribution in [0.2, 0.25) is 5.02 Å². The van der Waals surface area contributed by atoms with Crippen molar-refractivity contribution in [3.8, 4) is 5.69 Å². The molecule has 0 saturated heterocycles. The second-order valence-corrected chi connectivity index (χ2v) is 7.91. The number of aromatic nitrogens is 3. The van der Waals surface area contributed by atoms with Crippen LogP contribution in [0, 0.1) is 11.7 Å². The van der Waals surface area contributed by atoms with Crippen molar-refractivity contribution in [2.24, 2.45) is 5.92 Å². The van der Waals surface area contributed by atoms with E-state index < -0.39 is 5.82 Å². The van der Waals surface area contributed by atoms with Crippen molar-refractivity contribution in [3.05, 3.63) is 71.4 Å². The molecule has 160 valence electrons. The number of hydrogen-bond donors (Lipinski definition) is 2. The Morgan fingerprint density at radius 3 is 2.55 bits per heavy atom. The molecule has 2 aromatic heterocycles. The fourth-order valence-corrected chi connectivity index (χ4v) is 3.77. The molecule has 4 rings (SSSR count). The molecular formula is C22H21ClFN5O2. The quantitative estimate of drug-likeness (QED) is 0.626. The number of nitrogens with zero attached hydrogens (tertiary/aromatic N) is 3. The van der Waals surface area contributed by atoms with E-state index in [0.717, 1.165) is 0 Å². The Labute approximate surface area is 183 Å². The molecule has 0 spiro atoms. The van der Waals surface area contributed by atoms with Crippen LogP contribution < -0.4 is 10.6 Å². The summed E-state index contributed by atoms with van der Waals surface area (Å²) in [5, 5.41) is 10.5. The maximum atomic E-state index is 13.9. The fraction of sp³-hybridized carbons (Fsp3) is 0.273. The van der Waals surface area contributed by atoms with Crippen molar-refractivity contribution in [1.82, 2.24) is 20.1 Å². The summed E-state index contributed by atoms with van der Waals surface area (Å²) in [5.74, 6) is -0.554. The summed E-state index contributed by atoms with van der Waals surface area (Å²) >= 11 is 5.80. The smallest absolute Gasteiger partial charge is 0.270 e. The lowest BCUT2D eigenvalue weighted by Crippen LogP contribution is -2.39. The molecule has 0 unspecified atom stereocenters. The maximum Gasteiger partial charge on any atom is 0.270 e. The van der Waals surface area contributed by atoms with Gasteiger partial charge in [-0.25, -0.2) is 14.1 Å². The molecule has 1 aromatic carbocycles. The highest BCUT2D eigenvalue weighted by Gasteiger charge is 2.28. The zero-order valence-electron chi connectivity index (χ0n) is 16.6. The molecule has 0 aliphatic heterocycles. The van der Waals surface area contributed by atoms with E-state index in [4.69, 9.17) is 11.6 Å². The number of carbonyl (C=O) groups excluding carboxylic acids is 2. The number of hydrogen-bond acceptors (Lipinski definition) is 4. The molecule has 1 aliphatic rings. The number of pyridine rings is 1. The number of halogens is 2. The number of benzene rings is 1. The molecule has 3 aromatic rings. The number of carbonyl (C=O) groups is 2. The van der Waals surface area contributed by atoms with E-state index in [9.17, 15) is 14.0 Å². The average Bonchev–Trinajstić information content (AvgIpc) is 3.23. The van der Waals surface area contributed by atoms with Gasteiger partial charge in [-0.1, -0.05) is 23.7 Å². The van der Waals surface area contributed by atoms with Crippen LogP contribution in [-0.4, -0.2) is 32.6 Å². The highest BCUT2D eigenvalue weighted by Crippen LogP contribution is 2.26. The first-order chi connectivity index (χ1) is 15.0. The SMILES string of the molecule is O=C(NC1CCC(C(=O)Nc2ccn(-c3ccccc3F)n2)CC1)c1ccc(Cl)cn1. The number of amides is 2. The van der Waals surface area contributed by atoms with E-state index in [1.807, 2.05) is 0 Å². The Morgan fingerprint density at radius 1 is 1.06 bits per heavy atom. The lowest BCUT2D eigenvalue weighted by atomic mass is 9.85. The minimum Gasteiger partial charge on any atom is -0.348 e. The number of para-hydroxylation sites is 1. The number of anilines is 1. The van der Waals surface area contributed by atoms with Crippen LogP contribution >= 0.6 is 11.6 Å². The van der Waals surface area contributed by atoms with Gasteiger partial charge in [0.2, 0.25) is 5.91 Å². The first kappa shape index (κ1) is 21.0. The zero-order valence-corrected chi connectivity index (χ0v) is 17.3. The van der Waals surface area contributed by atoms with Crippen molar-refractivity contribution >= 4 is 29.2 Å². The second kappa shape index (κ2) is 9.26. The van der Waals surface area contributed by atoms with Gasteiger partial charge in [-0.3, -0.25) is 9.59 Å². The molecule has 0 atom stereocenters. The molecular weight excluding hydrogens is 421 g/mol. The molecule has 0 radical (unpaired) electrons. The minimum absolute atomic E-state index is 0.00528. The summed E-state index contributed by atoms with van der Waals surface area (Å²) in [4.78, 5) is 28.9. The average molecular weight is 442 g/mol. The van der Waals surface area contributed by atoms with E-state index in [1.54, 1.807) is 42.6 Å². The molecule has 2 heterocycles. The maximum absolute atomic E-state index is 13.9. The van der Waals surface area contributed by atoms with Gasteiger partial charge >= 0.3 is 0 Å². The summed E-state index contributed by atoms with van der Waals surface area (Å²) in [6.07, 6.45) is 5.73. The molecule has 9 heteroatoms. The van der Waals surface area contributed by atoms with Gasteiger partial charge in [0.05, 0.1) is 5.02 Å². The zero-order chi connectivity index (χ0) is 21.8. The van der Waals surface area contributed by atoms with E-state index in [-0.39, 0.29) is 23.8 Å². The minimum atomic E-state index is -0.391. The molecule has 7 nitrogen and oxygen atoms in total. The van der Waals surface area contributed by atoms with Crippen LogP contribution in [0.15, 0.2) is 54.9 Å². The van der Waals surface area contributed by atoms with E-state index in [1.165, 1.54) is 16.9 Å². The number of nitrogens with one attached hydrogen (secondary N) is 2.